The fraction of sp³-hybridized carbons (Fsp3) is 0.769. The highest BCUT2D eigenvalue weighted by molar-refractivity contribution is 5.64. The van der Waals surface area contributed by atoms with Gasteiger partial charge in [-0.25, -0.2) is 0 Å². The molecule has 10 atom stereocenters. The number of nitrogens with one attached hydrogen (secondary N) is 2. The van der Waals surface area contributed by atoms with Gasteiger partial charge in [0.25, 0.3) is 0 Å². The minimum atomic E-state index is -0.868. The quantitative estimate of drug-likeness (QED) is 0.0848. The summed E-state index contributed by atoms with van der Waals surface area (Å²) in [6, 6.07) is 7.96. The maximum atomic E-state index is 12.7. The van der Waals surface area contributed by atoms with E-state index in [2.05, 4.69) is 32.6 Å². The number of piperidine rings is 2. The van der Waals surface area contributed by atoms with Gasteiger partial charge < -0.3 is 64.2 Å². The Morgan fingerprint density at radius 2 is 0.910 bits per heavy atom. The third kappa shape index (κ3) is 7.54. The van der Waals surface area contributed by atoms with Crippen LogP contribution in [0.3, 0.4) is 0 Å². The van der Waals surface area contributed by atoms with Gasteiger partial charge in [0.2, 0.25) is 0 Å². The van der Waals surface area contributed by atoms with Gasteiger partial charge in [-0.05, 0) is 125 Å². The van der Waals surface area contributed by atoms with Crippen molar-refractivity contribution < 1.29 is 53.6 Å². The lowest BCUT2D eigenvalue weighted by Gasteiger charge is -2.64. The monoisotopic (exact) mass is 931 g/mol. The molecule has 4 unspecified atom stereocenters. The summed E-state index contributed by atoms with van der Waals surface area (Å²) in [4.78, 5) is 5.15. The van der Waals surface area contributed by atoms with Crippen molar-refractivity contribution in [2.45, 2.75) is 135 Å². The Morgan fingerprint density at radius 3 is 1.30 bits per heavy atom. The molecule has 2 saturated heterocycles. The molecule has 4 aliphatic heterocycles. The van der Waals surface area contributed by atoms with Gasteiger partial charge in [-0.15, -0.1) is 0 Å². The fourth-order valence-electron chi connectivity index (χ4n) is 15.0. The van der Waals surface area contributed by atoms with Crippen LogP contribution in [-0.2, 0) is 47.4 Å². The van der Waals surface area contributed by atoms with Crippen molar-refractivity contribution in [3.05, 3.63) is 46.5 Å². The first kappa shape index (κ1) is 45.3. The SMILES string of the molecule is Oc1ccc2c3c1O[C@H]1[C@H](NCCOCCOCCOCCOCCOCCN[C@H]4CC[C@]5(O)C6Cc7ccc(O)c8c7C5(CCN6CC5CC5)[C@@H]4O8)CC[C@@]4(O)C(C2)N(CC2CC2)CCC314. The Balaban J connectivity index is 0.504. The van der Waals surface area contributed by atoms with Gasteiger partial charge in [0.15, 0.2) is 23.0 Å². The normalized spacial score (nSPS) is 36.4. The molecule has 4 saturated carbocycles. The van der Waals surface area contributed by atoms with Crippen molar-refractivity contribution in [3.63, 3.8) is 0 Å². The van der Waals surface area contributed by atoms with Crippen LogP contribution in [0.5, 0.6) is 23.0 Å². The molecular formula is C52H74N4O11. The first-order valence-electron chi connectivity index (χ1n) is 26.1. The summed E-state index contributed by atoms with van der Waals surface area (Å²) < 4.78 is 42.3. The Morgan fingerprint density at radius 1 is 0.522 bits per heavy atom. The van der Waals surface area contributed by atoms with Crippen molar-refractivity contribution in [1.82, 2.24) is 20.4 Å². The molecule has 6 fully saturated rings. The highest BCUT2D eigenvalue weighted by atomic mass is 16.6. The number of hydrogen-bond donors (Lipinski definition) is 6. The van der Waals surface area contributed by atoms with E-state index in [1.807, 2.05) is 0 Å². The Kier molecular flexibility index (Phi) is 12.3. The average Bonchev–Trinajstić information content (AvgIpc) is 4.25. The van der Waals surface area contributed by atoms with Gasteiger partial charge in [0, 0.05) is 61.5 Å². The van der Waals surface area contributed by atoms with Gasteiger partial charge in [-0.3, -0.25) is 9.80 Å². The lowest BCUT2D eigenvalue weighted by atomic mass is 9.48. The van der Waals surface area contributed by atoms with E-state index in [1.54, 1.807) is 12.1 Å². The standard InChI is InChI=1S/C52H74N4O11/c57-39-7-5-35-29-41-51(59)11-9-37(47-49(51,43(35)45(39)66-47)13-17-55(41)31-33-1-2-33)53-15-19-61-21-23-63-25-27-65-28-26-64-24-22-62-20-16-54-38-10-12-52(60)42-30-36-6-8-40(58)46-44(36)50(52,48(38)67-46)14-18-56(42)32-34-3-4-34/h5-8,33-34,37-38,41-42,47-48,53-54,57-60H,1-4,9-32H2/t37-,38+,41?,42?,47+,48-,49?,50?,51-,52+. The van der Waals surface area contributed by atoms with E-state index in [9.17, 15) is 20.4 Å². The number of rotatable bonds is 24. The van der Waals surface area contributed by atoms with Crippen LogP contribution in [0, 0.1) is 11.8 Å². The Bertz CT molecular complexity index is 1980. The third-order valence-electron chi connectivity index (χ3n) is 18.3. The predicted octanol–water partition coefficient (Wildman–Crippen LogP) is 2.93. The molecule has 0 amide bonds. The van der Waals surface area contributed by atoms with Gasteiger partial charge in [-0.1, -0.05) is 12.1 Å². The van der Waals surface area contributed by atoms with Gasteiger partial charge >= 0.3 is 0 Å². The minimum absolute atomic E-state index is 0.0553. The van der Waals surface area contributed by atoms with Crippen LogP contribution in [0.2, 0.25) is 0 Å². The number of phenolic OH excluding ortho intramolecular Hbond substituents is 2. The second-order valence-electron chi connectivity index (χ2n) is 21.8. The van der Waals surface area contributed by atoms with Gasteiger partial charge in [0.05, 0.1) is 88.1 Å². The van der Waals surface area contributed by atoms with Crippen molar-refractivity contribution in [2.75, 3.05) is 105 Å². The van der Waals surface area contributed by atoms with Gasteiger partial charge in [-0.2, -0.15) is 0 Å². The van der Waals surface area contributed by atoms with Crippen LogP contribution >= 0.6 is 0 Å². The van der Waals surface area contributed by atoms with Crippen molar-refractivity contribution in [3.8, 4) is 23.0 Å². The molecule has 6 N–H and O–H groups in total. The summed E-state index contributed by atoms with van der Waals surface area (Å²) in [6.45, 7) is 10.4. The molecule has 2 aromatic carbocycles. The summed E-state index contributed by atoms with van der Waals surface area (Å²) >= 11 is 0. The largest absolute Gasteiger partial charge is 0.504 e. The van der Waals surface area contributed by atoms with E-state index in [0.29, 0.717) is 90.7 Å². The van der Waals surface area contributed by atoms with E-state index in [1.165, 1.54) is 36.8 Å². The molecular weight excluding hydrogens is 857 g/mol. The average molecular weight is 931 g/mol. The lowest BCUT2D eigenvalue weighted by Crippen LogP contribution is -2.78. The van der Waals surface area contributed by atoms with E-state index >= 15 is 0 Å². The fourth-order valence-corrected chi connectivity index (χ4v) is 15.0. The molecule has 15 heteroatoms. The van der Waals surface area contributed by atoms with Gasteiger partial charge in [0.1, 0.15) is 12.2 Å². The zero-order valence-electron chi connectivity index (χ0n) is 39.3. The van der Waals surface area contributed by atoms with Crippen LogP contribution in [-0.4, -0.2) is 183 Å². The minimum Gasteiger partial charge on any atom is -0.504 e. The summed E-state index contributed by atoms with van der Waals surface area (Å²) in [5, 5.41) is 54.6. The smallest absolute Gasteiger partial charge is 0.165 e. The first-order chi connectivity index (χ1) is 32.7. The number of likely N-dealkylation sites (tertiary alicyclic amines) is 2. The maximum Gasteiger partial charge on any atom is 0.165 e. The van der Waals surface area contributed by atoms with Crippen molar-refractivity contribution in [1.29, 1.82) is 0 Å². The lowest BCUT2D eigenvalue weighted by molar-refractivity contribution is -0.192. The molecule has 12 rings (SSSR count). The number of aromatic hydroxyl groups is 2. The molecule has 10 aliphatic rings. The van der Waals surface area contributed by atoms with Crippen LogP contribution in [0.15, 0.2) is 24.3 Å². The van der Waals surface area contributed by atoms with Crippen molar-refractivity contribution in [2.24, 2.45) is 11.8 Å². The van der Waals surface area contributed by atoms with E-state index in [-0.39, 0.29) is 47.9 Å². The van der Waals surface area contributed by atoms with Crippen LogP contribution in [0.1, 0.15) is 86.5 Å². The molecule has 67 heavy (non-hydrogen) atoms. The zero-order valence-corrected chi connectivity index (χ0v) is 39.3. The number of phenols is 2. The molecule has 2 aromatic rings. The predicted molar refractivity (Wildman–Crippen MR) is 247 cm³/mol. The highest BCUT2D eigenvalue weighted by Gasteiger charge is 2.74. The number of ether oxygens (including phenoxy) is 7. The van der Waals surface area contributed by atoms with E-state index in [4.69, 9.17) is 33.2 Å². The zero-order chi connectivity index (χ0) is 45.4. The summed E-state index contributed by atoms with van der Waals surface area (Å²) in [6.07, 6.45) is 11.1. The van der Waals surface area contributed by atoms with Crippen LogP contribution in [0.4, 0.5) is 0 Å². The molecule has 6 aliphatic carbocycles. The summed E-state index contributed by atoms with van der Waals surface area (Å²) in [7, 11) is 0. The molecule has 368 valence electrons. The topological polar surface area (TPSA) is 176 Å². The van der Waals surface area contributed by atoms with Crippen LogP contribution in [0.25, 0.3) is 0 Å². The van der Waals surface area contributed by atoms with E-state index in [0.717, 1.165) is 101 Å². The summed E-state index contributed by atoms with van der Waals surface area (Å²) in [5.41, 5.74) is 1.83. The number of benzene rings is 2. The number of nitrogens with zero attached hydrogens (tertiary/aromatic N) is 2. The Labute approximate surface area is 395 Å². The molecule has 0 radical (unpaired) electrons. The molecule has 4 heterocycles. The maximum absolute atomic E-state index is 12.7. The molecule has 15 nitrogen and oxygen atoms in total. The molecule has 2 spiro atoms. The highest BCUT2D eigenvalue weighted by Crippen LogP contribution is 2.67. The summed E-state index contributed by atoms with van der Waals surface area (Å²) in [5.74, 6) is 3.09. The number of aliphatic hydroxyl groups is 2. The van der Waals surface area contributed by atoms with Crippen LogP contribution < -0.4 is 20.1 Å². The van der Waals surface area contributed by atoms with Crippen molar-refractivity contribution >= 4 is 0 Å². The second-order valence-corrected chi connectivity index (χ2v) is 21.8. The Hall–Kier alpha value is -2.80. The third-order valence-corrected chi connectivity index (χ3v) is 18.3. The van der Waals surface area contributed by atoms with E-state index < -0.39 is 22.0 Å². The second kappa shape index (κ2) is 18.1. The number of hydrogen-bond acceptors (Lipinski definition) is 15. The molecule has 4 bridgehead atoms. The molecule has 0 aromatic heterocycles. The first-order valence-corrected chi connectivity index (χ1v) is 26.1.